The normalized spacial score (nSPS) is 14.1. The van der Waals surface area contributed by atoms with Crippen molar-refractivity contribution in [1.29, 1.82) is 0 Å². The van der Waals surface area contributed by atoms with Crippen molar-refractivity contribution in [3.8, 4) is 5.75 Å². The van der Waals surface area contributed by atoms with Gasteiger partial charge in [-0.25, -0.2) is 4.79 Å². The van der Waals surface area contributed by atoms with Crippen LogP contribution in [0.25, 0.3) is 10.9 Å². The highest BCUT2D eigenvalue weighted by atomic mass is 79.9. The zero-order valence-corrected chi connectivity index (χ0v) is 20.2. The number of furan rings is 1. The van der Waals surface area contributed by atoms with Crippen LogP contribution in [-0.4, -0.2) is 21.6 Å². The quantitative estimate of drug-likeness (QED) is 0.140. The molecule has 1 aliphatic rings. The molecule has 0 radical (unpaired) electrons. The number of ether oxygens (including phenoxy) is 1. The molecule has 35 heavy (non-hydrogen) atoms. The number of nitro benzene ring substituents is 1. The van der Waals surface area contributed by atoms with E-state index in [1.54, 1.807) is 30.5 Å². The van der Waals surface area contributed by atoms with E-state index in [0.29, 0.717) is 41.1 Å². The van der Waals surface area contributed by atoms with Gasteiger partial charge in [-0.1, -0.05) is 22.0 Å². The second-order valence-electron chi connectivity index (χ2n) is 8.02. The van der Waals surface area contributed by atoms with Crippen LogP contribution in [-0.2, 0) is 6.42 Å². The average molecular weight is 535 g/mol. The summed E-state index contributed by atoms with van der Waals surface area (Å²) < 4.78 is 12.5. The summed E-state index contributed by atoms with van der Waals surface area (Å²) in [5, 5.41) is 16.2. The van der Waals surface area contributed by atoms with Crippen LogP contribution in [0.15, 0.2) is 68.7 Å². The molecule has 1 N–H and O–H groups in total. The largest absolute Gasteiger partial charge is 0.453 e. The van der Waals surface area contributed by atoms with Crippen LogP contribution >= 0.6 is 15.9 Å². The number of hydrogen-bond acceptors (Lipinski definition) is 8. The predicted octanol–water partition coefficient (Wildman–Crippen LogP) is 6.18. The number of aromatic nitrogens is 1. The Morgan fingerprint density at radius 2 is 2.00 bits per heavy atom. The average Bonchev–Trinajstić information content (AvgIpc) is 3.22. The molecule has 2 heterocycles. The van der Waals surface area contributed by atoms with Gasteiger partial charge >= 0.3 is 5.97 Å². The molecule has 0 aliphatic heterocycles. The summed E-state index contributed by atoms with van der Waals surface area (Å²) in [5.41, 5.74) is 6.33. The lowest BCUT2D eigenvalue weighted by atomic mass is 9.93. The molecule has 0 spiro atoms. The second-order valence-corrected chi connectivity index (χ2v) is 8.87. The number of nitrogens with zero attached hydrogens (tertiary/aromatic N) is 3. The maximum atomic E-state index is 13.1. The molecule has 1 aliphatic carbocycles. The Balaban J connectivity index is 1.41. The lowest BCUT2D eigenvalue weighted by molar-refractivity contribution is -0.384. The molecule has 9 nitrogen and oxygen atoms in total. The Morgan fingerprint density at radius 3 is 2.77 bits per heavy atom. The third-order valence-electron chi connectivity index (χ3n) is 5.79. The van der Waals surface area contributed by atoms with Gasteiger partial charge in [-0.15, -0.1) is 0 Å². The van der Waals surface area contributed by atoms with Crippen molar-refractivity contribution in [3.05, 3.63) is 92.0 Å². The van der Waals surface area contributed by atoms with Crippen molar-refractivity contribution < 1.29 is 18.9 Å². The van der Waals surface area contributed by atoms with Gasteiger partial charge in [0.1, 0.15) is 11.3 Å². The van der Waals surface area contributed by atoms with Crippen molar-refractivity contribution >= 4 is 49.9 Å². The maximum Gasteiger partial charge on any atom is 0.380 e. The summed E-state index contributed by atoms with van der Waals surface area (Å²) in [6.07, 6.45) is 3.84. The van der Waals surface area contributed by atoms with Crippen molar-refractivity contribution in [1.82, 2.24) is 4.98 Å². The SMILES string of the molecule is Cc1c(C(=O)Oc2ccc(Br)c3cccnc23)oc2c1/C(=N/Nc1ccc([N+](=O)[O-])cc1)CCC2. The van der Waals surface area contributed by atoms with Crippen LogP contribution in [0.5, 0.6) is 5.75 Å². The number of non-ortho nitro benzene ring substituents is 1. The Bertz CT molecular complexity index is 1490. The molecule has 176 valence electrons. The number of halogens is 1. The number of nitro groups is 1. The number of pyridine rings is 1. The van der Waals surface area contributed by atoms with Gasteiger partial charge in [0.2, 0.25) is 5.76 Å². The number of carbonyl (C=O) groups is 1. The number of hydrazone groups is 1. The first-order chi connectivity index (χ1) is 16.9. The molecule has 2 aromatic carbocycles. The monoisotopic (exact) mass is 534 g/mol. The lowest BCUT2D eigenvalue weighted by Gasteiger charge is -2.13. The molecule has 0 fully saturated rings. The van der Waals surface area contributed by atoms with Crippen LogP contribution in [0.3, 0.4) is 0 Å². The van der Waals surface area contributed by atoms with Crippen molar-refractivity contribution in [2.45, 2.75) is 26.2 Å². The summed E-state index contributed by atoms with van der Waals surface area (Å²) in [6.45, 7) is 1.81. The number of aryl methyl sites for hydroxylation is 1. The molecule has 2 aromatic heterocycles. The van der Waals surface area contributed by atoms with Crippen molar-refractivity contribution in [2.24, 2.45) is 5.10 Å². The van der Waals surface area contributed by atoms with Gasteiger partial charge in [-0.2, -0.15) is 5.10 Å². The molecule has 0 amide bonds. The minimum atomic E-state index is -0.603. The summed E-state index contributed by atoms with van der Waals surface area (Å²) >= 11 is 3.49. The van der Waals surface area contributed by atoms with Crippen LogP contribution in [0.2, 0.25) is 0 Å². The maximum absolute atomic E-state index is 13.1. The molecule has 5 rings (SSSR count). The van der Waals surface area contributed by atoms with E-state index >= 15 is 0 Å². The first kappa shape index (κ1) is 22.7. The van der Waals surface area contributed by atoms with E-state index in [2.05, 4.69) is 31.4 Å². The minimum absolute atomic E-state index is 0.00532. The smallest absolute Gasteiger partial charge is 0.380 e. The molecule has 0 saturated heterocycles. The number of benzene rings is 2. The van der Waals surface area contributed by atoms with E-state index in [-0.39, 0.29) is 11.4 Å². The number of rotatable bonds is 5. The fourth-order valence-corrected chi connectivity index (χ4v) is 4.56. The van der Waals surface area contributed by atoms with Gasteiger partial charge in [0, 0.05) is 45.7 Å². The van der Waals surface area contributed by atoms with Gasteiger partial charge < -0.3 is 9.15 Å². The molecular formula is C25H19BrN4O5. The van der Waals surface area contributed by atoms with Gasteiger partial charge in [0.15, 0.2) is 5.75 Å². The fourth-order valence-electron chi connectivity index (χ4n) is 4.11. The van der Waals surface area contributed by atoms with E-state index in [1.807, 2.05) is 19.1 Å². The number of anilines is 1. The lowest BCUT2D eigenvalue weighted by Crippen LogP contribution is -2.13. The Morgan fingerprint density at radius 1 is 1.20 bits per heavy atom. The summed E-state index contributed by atoms with van der Waals surface area (Å²) in [6, 6.07) is 13.2. The first-order valence-corrected chi connectivity index (χ1v) is 11.7. The van der Waals surface area contributed by atoms with Gasteiger partial charge in [-0.3, -0.25) is 20.5 Å². The highest BCUT2D eigenvalue weighted by Crippen LogP contribution is 2.33. The molecule has 0 saturated carbocycles. The van der Waals surface area contributed by atoms with E-state index in [1.165, 1.54) is 12.1 Å². The second kappa shape index (κ2) is 9.30. The third kappa shape index (κ3) is 4.40. The summed E-state index contributed by atoms with van der Waals surface area (Å²) in [4.78, 5) is 27.8. The number of hydrogen-bond donors (Lipinski definition) is 1. The van der Waals surface area contributed by atoms with E-state index in [0.717, 1.165) is 27.6 Å². The molecule has 4 aromatic rings. The Hall–Kier alpha value is -4.05. The Kier molecular flexibility index (Phi) is 6.04. The van der Waals surface area contributed by atoms with E-state index in [9.17, 15) is 14.9 Å². The number of fused-ring (bicyclic) bond motifs is 2. The molecule has 10 heteroatoms. The molecular weight excluding hydrogens is 516 g/mol. The standard InChI is InChI=1S/C25H19BrN4O5/c1-14-22-19(29-28-15-7-9-16(10-8-15)30(32)33)5-2-6-20(22)34-24(14)25(31)35-21-12-11-18(26)17-4-3-13-27-23(17)21/h3-4,7-13,28H,2,5-6H2,1H3/b29-19+. The number of esters is 1. The minimum Gasteiger partial charge on any atom is -0.453 e. The number of carbonyl (C=O) groups excluding carboxylic acids is 1. The van der Waals surface area contributed by atoms with Gasteiger partial charge in [0.25, 0.3) is 5.69 Å². The molecule has 0 bridgehead atoms. The third-order valence-corrected chi connectivity index (χ3v) is 6.48. The summed E-state index contributed by atoms with van der Waals surface area (Å²) in [7, 11) is 0. The van der Waals surface area contributed by atoms with E-state index in [4.69, 9.17) is 9.15 Å². The van der Waals surface area contributed by atoms with Crippen LogP contribution in [0.1, 0.15) is 40.3 Å². The fraction of sp³-hybridized carbons (Fsp3) is 0.160. The van der Waals surface area contributed by atoms with Crippen molar-refractivity contribution in [2.75, 3.05) is 5.43 Å². The molecule has 0 atom stereocenters. The highest BCUT2D eigenvalue weighted by molar-refractivity contribution is 9.10. The molecule has 0 unspecified atom stereocenters. The predicted molar refractivity (Wildman–Crippen MR) is 134 cm³/mol. The number of nitrogens with one attached hydrogen (secondary N) is 1. The zero-order chi connectivity index (χ0) is 24.5. The highest BCUT2D eigenvalue weighted by Gasteiger charge is 2.29. The van der Waals surface area contributed by atoms with Gasteiger partial charge in [0.05, 0.1) is 16.3 Å². The summed E-state index contributed by atoms with van der Waals surface area (Å²) in [5.74, 6) is 0.556. The zero-order valence-electron chi connectivity index (χ0n) is 18.6. The first-order valence-electron chi connectivity index (χ1n) is 10.9. The van der Waals surface area contributed by atoms with E-state index < -0.39 is 10.9 Å². The Labute approximate surface area is 208 Å². The van der Waals surface area contributed by atoms with Crippen molar-refractivity contribution in [3.63, 3.8) is 0 Å². The van der Waals surface area contributed by atoms with Crippen LogP contribution < -0.4 is 10.2 Å². The van der Waals surface area contributed by atoms with Crippen LogP contribution in [0.4, 0.5) is 11.4 Å². The van der Waals surface area contributed by atoms with Gasteiger partial charge in [-0.05, 0) is 50.1 Å². The topological polar surface area (TPSA) is 120 Å². The van der Waals surface area contributed by atoms with Crippen LogP contribution in [0, 0.1) is 17.0 Å².